The second kappa shape index (κ2) is 17.7. The summed E-state index contributed by atoms with van der Waals surface area (Å²) in [5, 5.41) is 0. The molecule has 0 unspecified atom stereocenters. The minimum atomic E-state index is -1.46. The first-order valence-electron chi connectivity index (χ1n) is 15.4. The summed E-state index contributed by atoms with van der Waals surface area (Å²) in [5.41, 5.74) is 3.73. The predicted octanol–water partition coefficient (Wildman–Crippen LogP) is 10.4. The van der Waals surface area contributed by atoms with E-state index in [0.717, 1.165) is 74.6 Å². The van der Waals surface area contributed by atoms with Crippen LogP contribution in [-0.4, -0.2) is 24.9 Å². The van der Waals surface area contributed by atoms with E-state index < -0.39 is 12.1 Å². The van der Waals surface area contributed by atoms with Gasteiger partial charge in [0, 0.05) is 0 Å². The lowest BCUT2D eigenvalue weighted by molar-refractivity contribution is -0.157. The van der Waals surface area contributed by atoms with E-state index in [1.807, 2.05) is 6.92 Å². The molecule has 1 aliphatic carbocycles. The van der Waals surface area contributed by atoms with E-state index in [0.29, 0.717) is 5.92 Å². The number of carbonyl (C=O) groups excluding carboxylic acids is 1. The van der Waals surface area contributed by atoms with E-state index >= 15 is 0 Å². The summed E-state index contributed by atoms with van der Waals surface area (Å²) in [6.45, 7) is 5.01. The number of halogens is 2. The summed E-state index contributed by atoms with van der Waals surface area (Å²) in [5.74, 6) is 0.893. The summed E-state index contributed by atoms with van der Waals surface area (Å²) in [7, 11) is 0. The average Bonchev–Trinajstić information content (AvgIpc) is 2.96. The van der Waals surface area contributed by atoms with Gasteiger partial charge in [-0.1, -0.05) is 89.1 Å². The highest BCUT2D eigenvalue weighted by molar-refractivity contribution is 9.10. The first kappa shape index (κ1) is 31.6. The summed E-state index contributed by atoms with van der Waals surface area (Å²) in [6, 6.07) is 15.2. The molecule has 1 saturated carbocycles. The second-order valence-electron chi connectivity index (χ2n) is 11.2. The molecule has 0 aromatic heterocycles. The lowest BCUT2D eigenvalue weighted by atomic mass is 9.83. The number of ether oxygens (including phenoxy) is 2. The van der Waals surface area contributed by atoms with Gasteiger partial charge in [0.1, 0.15) is 11.9 Å². The molecule has 0 amide bonds. The molecule has 0 radical (unpaired) electrons. The molecule has 0 bridgehead atoms. The molecule has 5 heteroatoms. The maximum absolute atomic E-state index is 13.9. The zero-order valence-corrected chi connectivity index (χ0v) is 25.7. The molecule has 1 aliphatic rings. The summed E-state index contributed by atoms with van der Waals surface area (Å²) in [6.07, 6.45) is 13.9. The molecule has 0 N–H and O–H groups in total. The van der Waals surface area contributed by atoms with Crippen LogP contribution in [0.3, 0.4) is 0 Å². The van der Waals surface area contributed by atoms with Crippen molar-refractivity contribution >= 4 is 21.9 Å². The summed E-state index contributed by atoms with van der Waals surface area (Å²) in [4.78, 5) is 12.0. The predicted molar refractivity (Wildman–Crippen MR) is 163 cm³/mol. The molecule has 0 heterocycles. The van der Waals surface area contributed by atoms with Crippen LogP contribution in [-0.2, 0) is 16.0 Å². The van der Waals surface area contributed by atoms with Gasteiger partial charge in [-0.05, 0) is 102 Å². The van der Waals surface area contributed by atoms with E-state index in [4.69, 9.17) is 9.47 Å². The third kappa shape index (κ3) is 11.3. The van der Waals surface area contributed by atoms with Crippen molar-refractivity contribution in [1.82, 2.24) is 0 Å². The number of alkyl halides is 1. The van der Waals surface area contributed by atoms with Gasteiger partial charge in [0.05, 0.1) is 11.1 Å². The third-order valence-corrected chi connectivity index (χ3v) is 8.58. The Morgan fingerprint density at radius 1 is 0.897 bits per heavy atom. The van der Waals surface area contributed by atoms with E-state index in [1.54, 1.807) is 0 Å². The van der Waals surface area contributed by atoms with Gasteiger partial charge in [0.15, 0.2) is 6.17 Å². The molecular weight excluding hydrogens is 555 g/mol. The van der Waals surface area contributed by atoms with Crippen LogP contribution in [0.25, 0.3) is 11.1 Å². The monoisotopic (exact) mass is 602 g/mol. The molecule has 1 atom stereocenters. The first-order chi connectivity index (χ1) is 19.0. The molecule has 3 nitrogen and oxygen atoms in total. The number of hydrogen-bond donors (Lipinski definition) is 0. The Labute approximate surface area is 244 Å². The van der Waals surface area contributed by atoms with Gasteiger partial charge in [0.25, 0.3) is 0 Å². The highest BCUT2D eigenvalue weighted by Gasteiger charge is 2.27. The topological polar surface area (TPSA) is 35.5 Å². The lowest BCUT2D eigenvalue weighted by Crippen LogP contribution is -2.29. The van der Waals surface area contributed by atoms with Crippen LogP contribution >= 0.6 is 15.9 Å². The van der Waals surface area contributed by atoms with Crippen molar-refractivity contribution in [2.24, 2.45) is 5.92 Å². The van der Waals surface area contributed by atoms with E-state index in [-0.39, 0.29) is 12.5 Å². The Balaban J connectivity index is 1.37. The van der Waals surface area contributed by atoms with E-state index in [1.165, 1.54) is 48.8 Å². The van der Waals surface area contributed by atoms with E-state index in [9.17, 15) is 9.18 Å². The number of esters is 1. The third-order valence-electron chi connectivity index (χ3n) is 7.96. The van der Waals surface area contributed by atoms with Gasteiger partial charge < -0.3 is 9.47 Å². The number of benzene rings is 2. The Kier molecular flexibility index (Phi) is 14.4. The van der Waals surface area contributed by atoms with Crippen molar-refractivity contribution in [3.05, 3.63) is 52.5 Å². The van der Waals surface area contributed by atoms with Crippen molar-refractivity contribution in [3.8, 4) is 16.9 Å². The fourth-order valence-corrected chi connectivity index (χ4v) is 5.87. The highest BCUT2D eigenvalue weighted by atomic mass is 79.9. The molecule has 3 rings (SSSR count). The number of unbranched alkanes of at least 4 members (excludes halogenated alkanes) is 6. The van der Waals surface area contributed by atoms with Gasteiger partial charge in [-0.25, -0.2) is 9.18 Å². The molecule has 2 aromatic rings. The maximum Gasteiger partial charge on any atom is 0.340 e. The van der Waals surface area contributed by atoms with Crippen LogP contribution in [0.2, 0.25) is 0 Å². The molecular formula is C34H48BrFO3. The number of hydrogen-bond acceptors (Lipinski definition) is 3. The van der Waals surface area contributed by atoms with Crippen LogP contribution in [0.1, 0.15) is 109 Å². The summed E-state index contributed by atoms with van der Waals surface area (Å²) < 4.78 is 26.4. The molecule has 1 fully saturated rings. The molecule has 2 aromatic carbocycles. The normalized spacial score (nSPS) is 18.1. The quantitative estimate of drug-likeness (QED) is 0.133. The van der Waals surface area contributed by atoms with Gasteiger partial charge in [-0.15, -0.1) is 0 Å². The smallest absolute Gasteiger partial charge is 0.340 e. The largest absolute Gasteiger partial charge is 0.492 e. The fraction of sp³-hybridized carbons (Fsp3) is 0.618. The van der Waals surface area contributed by atoms with Gasteiger partial charge in [-0.3, -0.25) is 0 Å². The standard InChI is InChI=1S/C34H48BrFO3/c1-3-5-7-8-9-10-24-38-33-23-20-29(25-31(33)35)28-18-14-26(15-19-28)12-13-27-16-21-30(22-17-27)39-34(37)32(36)11-6-4-2/h14-15,18-20,23,25,27,30,32H,3-13,16-17,21-22,24H2,1-2H3/t27?,30?,32-/m0/s1. The van der Waals surface area contributed by atoms with Crippen LogP contribution in [0.4, 0.5) is 4.39 Å². The fourth-order valence-electron chi connectivity index (χ4n) is 5.37. The van der Waals surface area contributed by atoms with Crippen molar-refractivity contribution in [2.75, 3.05) is 6.61 Å². The van der Waals surface area contributed by atoms with Crippen molar-refractivity contribution < 1.29 is 18.7 Å². The number of rotatable bonds is 17. The Bertz CT molecular complexity index is 969. The van der Waals surface area contributed by atoms with Crippen molar-refractivity contribution in [3.63, 3.8) is 0 Å². The molecule has 0 saturated heterocycles. The van der Waals surface area contributed by atoms with Gasteiger partial charge in [0.2, 0.25) is 0 Å². The molecule has 216 valence electrons. The Morgan fingerprint density at radius 2 is 1.56 bits per heavy atom. The van der Waals surface area contributed by atoms with Gasteiger partial charge in [-0.2, -0.15) is 0 Å². The van der Waals surface area contributed by atoms with Crippen LogP contribution in [0, 0.1) is 5.92 Å². The highest BCUT2D eigenvalue weighted by Crippen LogP contribution is 2.33. The minimum absolute atomic E-state index is 0.112. The van der Waals surface area contributed by atoms with Gasteiger partial charge >= 0.3 is 5.97 Å². The van der Waals surface area contributed by atoms with Crippen LogP contribution in [0.15, 0.2) is 46.9 Å². The zero-order chi connectivity index (χ0) is 27.9. The first-order valence-corrected chi connectivity index (χ1v) is 16.2. The zero-order valence-electron chi connectivity index (χ0n) is 24.1. The van der Waals surface area contributed by atoms with E-state index in [2.05, 4.69) is 65.3 Å². The number of aryl methyl sites for hydroxylation is 1. The molecule has 0 spiro atoms. The van der Waals surface area contributed by atoms with Crippen molar-refractivity contribution in [2.45, 2.75) is 122 Å². The maximum atomic E-state index is 13.9. The SMILES string of the molecule is CCCCCCCCOc1ccc(-c2ccc(CCC3CCC(OC(=O)[C@@H](F)CCCC)CC3)cc2)cc1Br. The molecule has 39 heavy (non-hydrogen) atoms. The summed E-state index contributed by atoms with van der Waals surface area (Å²) >= 11 is 3.69. The van der Waals surface area contributed by atoms with Crippen LogP contribution in [0.5, 0.6) is 5.75 Å². The second-order valence-corrected chi connectivity index (χ2v) is 12.0. The average molecular weight is 604 g/mol. The van der Waals surface area contributed by atoms with Crippen molar-refractivity contribution in [1.29, 1.82) is 0 Å². The number of carbonyl (C=O) groups is 1. The molecule has 0 aliphatic heterocycles. The Hall–Kier alpha value is -1.88. The minimum Gasteiger partial charge on any atom is -0.492 e. The Morgan fingerprint density at radius 3 is 2.26 bits per heavy atom. The lowest BCUT2D eigenvalue weighted by Gasteiger charge is -2.28. The van der Waals surface area contributed by atoms with Crippen LogP contribution < -0.4 is 4.74 Å².